The van der Waals surface area contributed by atoms with Crippen LogP contribution in [0.3, 0.4) is 0 Å². The lowest BCUT2D eigenvalue weighted by Crippen LogP contribution is -2.50. The zero-order valence-electron chi connectivity index (χ0n) is 23.9. The van der Waals surface area contributed by atoms with Crippen molar-refractivity contribution < 1.29 is 9.59 Å². The smallest absolute Gasteiger partial charge is 0.320 e. The van der Waals surface area contributed by atoms with E-state index in [9.17, 15) is 9.59 Å². The largest absolute Gasteiger partial charge is 0.364 e. The van der Waals surface area contributed by atoms with Crippen molar-refractivity contribution in [1.82, 2.24) is 24.7 Å². The van der Waals surface area contributed by atoms with Crippen LogP contribution in [0.1, 0.15) is 79.8 Å². The van der Waals surface area contributed by atoms with Crippen LogP contribution >= 0.6 is 0 Å². The van der Waals surface area contributed by atoms with Crippen LogP contribution in [-0.2, 0) is 0 Å². The zero-order chi connectivity index (χ0) is 27.9. The van der Waals surface area contributed by atoms with E-state index in [4.69, 9.17) is 10.7 Å². The highest BCUT2D eigenvalue weighted by atomic mass is 16.2. The molecule has 3 amide bonds. The molecule has 0 radical (unpaired) electrons. The first-order chi connectivity index (χ1) is 20.0. The molecule has 3 aliphatic heterocycles. The third kappa shape index (κ3) is 5.46. The van der Waals surface area contributed by atoms with Gasteiger partial charge in [0, 0.05) is 44.0 Å². The normalized spacial score (nSPS) is 24.5. The number of nitrogens with one attached hydrogen (secondary N) is 1. The number of carbonyl (C=O) groups is 2. The minimum atomic E-state index is -0.610. The fourth-order valence-electron chi connectivity index (χ4n) is 7.18. The van der Waals surface area contributed by atoms with E-state index in [1.54, 1.807) is 6.20 Å². The molecule has 1 aromatic carbocycles. The van der Waals surface area contributed by atoms with Crippen molar-refractivity contribution in [3.63, 3.8) is 0 Å². The number of benzene rings is 1. The lowest BCUT2D eigenvalue weighted by molar-refractivity contribution is 0.0975. The number of nitrogens with zero attached hydrogens (tertiary/aromatic N) is 6. The van der Waals surface area contributed by atoms with Crippen molar-refractivity contribution in [1.29, 1.82) is 0 Å². The Labute approximate surface area is 242 Å². The predicted molar refractivity (Wildman–Crippen MR) is 159 cm³/mol. The molecule has 5 aliphatic rings. The summed E-state index contributed by atoms with van der Waals surface area (Å²) in [7, 11) is 0. The van der Waals surface area contributed by atoms with Gasteiger partial charge in [0.2, 0.25) is 0 Å². The van der Waals surface area contributed by atoms with Crippen LogP contribution in [0, 0.1) is 0 Å². The van der Waals surface area contributed by atoms with Crippen LogP contribution in [0.15, 0.2) is 30.5 Å². The van der Waals surface area contributed by atoms with Crippen LogP contribution in [0.4, 0.5) is 22.1 Å². The third-order valence-corrected chi connectivity index (χ3v) is 9.98. The summed E-state index contributed by atoms with van der Waals surface area (Å²) in [5.74, 6) is 1.05. The SMILES string of the molecule is NC(=O)c1ncc(N2CCCC(N3CCN(C4CC4)C3=O)C2)nc1Nc1ccc(C2CCN(C3CCC3)CC2)cc1. The van der Waals surface area contributed by atoms with Gasteiger partial charge in [-0.1, -0.05) is 18.6 Å². The van der Waals surface area contributed by atoms with Gasteiger partial charge >= 0.3 is 6.03 Å². The summed E-state index contributed by atoms with van der Waals surface area (Å²) in [6, 6.07) is 10.1. The Morgan fingerprint density at radius 3 is 2.20 bits per heavy atom. The van der Waals surface area contributed by atoms with Crippen LogP contribution < -0.4 is 16.0 Å². The third-order valence-electron chi connectivity index (χ3n) is 9.98. The van der Waals surface area contributed by atoms with Gasteiger partial charge < -0.3 is 30.7 Å². The second kappa shape index (κ2) is 11.1. The molecule has 41 heavy (non-hydrogen) atoms. The Balaban J connectivity index is 1.02. The first-order valence-electron chi connectivity index (χ1n) is 15.6. The first kappa shape index (κ1) is 26.5. The number of rotatable bonds is 8. The maximum absolute atomic E-state index is 13.0. The van der Waals surface area contributed by atoms with E-state index >= 15 is 0 Å². The summed E-state index contributed by atoms with van der Waals surface area (Å²) in [4.78, 5) is 43.5. The standard InChI is InChI=1S/C31H42N8O2/c32-29(40)28-30(34-23-8-6-21(7-9-23)22-12-15-36(16-13-22)24-3-1-4-24)35-27(19-33-28)37-14-2-5-26(20-37)39-18-17-38(31(39)41)25-10-11-25/h6-9,19,22,24-26H,1-5,10-18,20H2,(H2,32,40)(H,34,35). The summed E-state index contributed by atoms with van der Waals surface area (Å²) >= 11 is 0. The van der Waals surface area contributed by atoms with E-state index in [0.29, 0.717) is 30.1 Å². The Hall–Kier alpha value is -3.40. The molecule has 2 aromatic rings. The highest BCUT2D eigenvalue weighted by Crippen LogP contribution is 2.35. The van der Waals surface area contributed by atoms with E-state index in [-0.39, 0.29) is 17.8 Å². The van der Waals surface area contributed by atoms with Gasteiger partial charge in [-0.25, -0.2) is 14.8 Å². The molecule has 1 atom stereocenters. The maximum atomic E-state index is 13.0. The number of primary amides is 1. The highest BCUT2D eigenvalue weighted by molar-refractivity contribution is 5.96. The molecular formula is C31H42N8O2. The Bertz CT molecular complexity index is 1270. The summed E-state index contributed by atoms with van der Waals surface area (Å²) in [6.45, 7) is 5.57. The molecule has 0 spiro atoms. The topological polar surface area (TPSA) is 111 Å². The molecule has 5 fully saturated rings. The van der Waals surface area contributed by atoms with Gasteiger partial charge in [0.15, 0.2) is 11.5 Å². The van der Waals surface area contributed by atoms with E-state index in [0.717, 1.165) is 57.0 Å². The number of nitrogens with two attached hydrogens (primary N) is 1. The number of urea groups is 1. The van der Waals surface area contributed by atoms with Gasteiger partial charge in [-0.05, 0) is 88.1 Å². The molecule has 7 rings (SSSR count). The summed E-state index contributed by atoms with van der Waals surface area (Å²) < 4.78 is 0. The van der Waals surface area contributed by atoms with Gasteiger partial charge in [-0.2, -0.15) is 0 Å². The van der Waals surface area contributed by atoms with E-state index in [1.807, 2.05) is 9.80 Å². The Kier molecular flexibility index (Phi) is 7.18. The number of hydrogen-bond acceptors (Lipinski definition) is 7. The quantitative estimate of drug-likeness (QED) is 0.505. The maximum Gasteiger partial charge on any atom is 0.320 e. The van der Waals surface area contributed by atoms with Crippen molar-refractivity contribution >= 4 is 29.3 Å². The minimum Gasteiger partial charge on any atom is -0.364 e. The molecule has 1 unspecified atom stereocenters. The fourth-order valence-corrected chi connectivity index (χ4v) is 7.18. The monoisotopic (exact) mass is 558 g/mol. The second-order valence-corrected chi connectivity index (χ2v) is 12.6. The molecule has 218 valence electrons. The number of amides is 3. The Morgan fingerprint density at radius 2 is 1.54 bits per heavy atom. The van der Waals surface area contributed by atoms with Crippen molar-refractivity contribution in [3.05, 3.63) is 41.7 Å². The molecule has 3 saturated heterocycles. The zero-order valence-corrected chi connectivity index (χ0v) is 23.9. The summed E-state index contributed by atoms with van der Waals surface area (Å²) in [6.07, 6.45) is 12.4. The molecular weight excluding hydrogens is 516 g/mol. The van der Waals surface area contributed by atoms with Gasteiger partial charge in [-0.3, -0.25) is 4.79 Å². The molecule has 2 aliphatic carbocycles. The average molecular weight is 559 g/mol. The molecule has 1 aromatic heterocycles. The number of hydrogen-bond donors (Lipinski definition) is 2. The molecule has 2 saturated carbocycles. The molecule has 0 bridgehead atoms. The van der Waals surface area contributed by atoms with Crippen molar-refractivity contribution in [3.8, 4) is 0 Å². The van der Waals surface area contributed by atoms with Crippen LogP contribution in [0.25, 0.3) is 0 Å². The lowest BCUT2D eigenvalue weighted by Gasteiger charge is -2.42. The number of carbonyl (C=O) groups excluding carboxylic acids is 2. The number of aromatic nitrogens is 2. The first-order valence-corrected chi connectivity index (χ1v) is 15.6. The molecule has 4 heterocycles. The van der Waals surface area contributed by atoms with Crippen LogP contribution in [0.2, 0.25) is 0 Å². The summed E-state index contributed by atoms with van der Waals surface area (Å²) in [5, 5.41) is 3.32. The number of piperidine rings is 2. The highest BCUT2D eigenvalue weighted by Gasteiger charge is 2.42. The lowest BCUT2D eigenvalue weighted by atomic mass is 9.85. The van der Waals surface area contributed by atoms with Crippen molar-refractivity contribution in [2.24, 2.45) is 5.73 Å². The van der Waals surface area contributed by atoms with Crippen LogP contribution in [-0.4, -0.2) is 94.0 Å². The number of anilines is 3. The van der Waals surface area contributed by atoms with Crippen LogP contribution in [0.5, 0.6) is 0 Å². The van der Waals surface area contributed by atoms with Gasteiger partial charge in [0.1, 0.15) is 5.82 Å². The predicted octanol–water partition coefficient (Wildman–Crippen LogP) is 3.92. The van der Waals surface area contributed by atoms with Crippen molar-refractivity contribution in [2.75, 3.05) is 49.5 Å². The minimum absolute atomic E-state index is 0.129. The van der Waals surface area contributed by atoms with E-state index in [1.165, 1.54) is 50.8 Å². The molecule has 10 heteroatoms. The van der Waals surface area contributed by atoms with Gasteiger partial charge in [-0.15, -0.1) is 0 Å². The molecule has 3 N–H and O–H groups in total. The average Bonchev–Trinajstić information content (AvgIpc) is 3.74. The van der Waals surface area contributed by atoms with E-state index in [2.05, 4.69) is 44.4 Å². The van der Waals surface area contributed by atoms with Crippen molar-refractivity contribution in [2.45, 2.75) is 81.8 Å². The van der Waals surface area contributed by atoms with E-state index < -0.39 is 5.91 Å². The fraction of sp³-hybridized carbons (Fsp3) is 0.613. The van der Waals surface area contributed by atoms with Gasteiger partial charge in [0.25, 0.3) is 5.91 Å². The second-order valence-electron chi connectivity index (χ2n) is 12.6. The number of likely N-dealkylation sites (tertiary alicyclic amines) is 1. The summed E-state index contributed by atoms with van der Waals surface area (Å²) in [5.41, 5.74) is 8.03. The van der Waals surface area contributed by atoms with Gasteiger partial charge in [0.05, 0.1) is 12.2 Å². The Morgan fingerprint density at radius 1 is 0.829 bits per heavy atom. The molecule has 10 nitrogen and oxygen atoms in total.